The van der Waals surface area contributed by atoms with Gasteiger partial charge in [0.25, 0.3) is 0 Å². The predicted molar refractivity (Wildman–Crippen MR) is 99.6 cm³/mol. The van der Waals surface area contributed by atoms with Crippen LogP contribution in [0.5, 0.6) is 0 Å². The minimum absolute atomic E-state index is 0.138. The first kappa shape index (κ1) is 20.4. The number of hydrogen-bond donors (Lipinski definition) is 3. The molecule has 0 saturated heterocycles. The monoisotopic (exact) mass is 354 g/mol. The van der Waals surface area contributed by atoms with Crippen molar-refractivity contribution in [2.24, 2.45) is 16.0 Å². The second kappa shape index (κ2) is 10.3. The van der Waals surface area contributed by atoms with E-state index in [2.05, 4.69) is 29.5 Å². The van der Waals surface area contributed by atoms with Crippen LogP contribution in [0.15, 0.2) is 34.2 Å². The number of sulfonamides is 1. The minimum Gasteiger partial charge on any atom is -0.357 e. The summed E-state index contributed by atoms with van der Waals surface area (Å²) in [7, 11) is -3.62. The Hall–Kier alpha value is -1.60. The molecule has 7 heteroatoms. The standard InChI is InChI=1S/C17H30N4O2S/c1-4-19-17(20-12-5-6-14(2)3)21-13-11-15-7-9-16(10-8-15)24(18,22)23/h7-10,14H,4-6,11-13H2,1-3H3,(H2,18,22,23)(H2,19,20,21). The van der Waals surface area contributed by atoms with Crippen molar-refractivity contribution in [1.29, 1.82) is 0 Å². The zero-order chi connectivity index (χ0) is 18.0. The summed E-state index contributed by atoms with van der Waals surface area (Å²) in [5.41, 5.74) is 1.05. The van der Waals surface area contributed by atoms with Gasteiger partial charge in [0, 0.05) is 19.6 Å². The molecule has 0 aliphatic carbocycles. The van der Waals surface area contributed by atoms with Gasteiger partial charge < -0.3 is 10.6 Å². The van der Waals surface area contributed by atoms with Crippen molar-refractivity contribution in [3.05, 3.63) is 29.8 Å². The normalized spacial score (nSPS) is 12.5. The van der Waals surface area contributed by atoms with Crippen LogP contribution in [-0.4, -0.2) is 34.0 Å². The van der Waals surface area contributed by atoms with Gasteiger partial charge in [-0.25, -0.2) is 13.6 Å². The first-order valence-corrected chi connectivity index (χ1v) is 10.0. The van der Waals surface area contributed by atoms with Crippen LogP contribution in [0.3, 0.4) is 0 Å². The van der Waals surface area contributed by atoms with Crippen molar-refractivity contribution >= 4 is 16.0 Å². The summed E-state index contributed by atoms with van der Waals surface area (Å²) in [5.74, 6) is 1.53. The molecule has 0 unspecified atom stereocenters. The molecule has 0 heterocycles. The summed E-state index contributed by atoms with van der Waals surface area (Å²) in [5, 5.41) is 11.6. The van der Waals surface area contributed by atoms with Crippen LogP contribution in [0.1, 0.15) is 39.2 Å². The largest absolute Gasteiger partial charge is 0.357 e. The third-order valence-electron chi connectivity index (χ3n) is 3.51. The van der Waals surface area contributed by atoms with E-state index < -0.39 is 10.0 Å². The maximum atomic E-state index is 11.2. The molecule has 0 aliphatic heterocycles. The van der Waals surface area contributed by atoms with Gasteiger partial charge in [-0.1, -0.05) is 26.0 Å². The average molecular weight is 355 g/mol. The zero-order valence-electron chi connectivity index (χ0n) is 14.9. The van der Waals surface area contributed by atoms with E-state index in [1.807, 2.05) is 6.92 Å². The molecular weight excluding hydrogens is 324 g/mol. The number of nitrogens with zero attached hydrogens (tertiary/aromatic N) is 1. The number of nitrogens with two attached hydrogens (primary N) is 1. The Balaban J connectivity index is 2.45. The second-order valence-electron chi connectivity index (χ2n) is 6.16. The number of nitrogens with one attached hydrogen (secondary N) is 2. The highest BCUT2D eigenvalue weighted by Gasteiger charge is 2.06. The Morgan fingerprint density at radius 2 is 1.88 bits per heavy atom. The van der Waals surface area contributed by atoms with Gasteiger partial charge in [0.15, 0.2) is 5.96 Å². The van der Waals surface area contributed by atoms with Crippen molar-refractivity contribution in [3.8, 4) is 0 Å². The molecule has 0 spiro atoms. The molecule has 0 aliphatic rings. The van der Waals surface area contributed by atoms with E-state index in [1.54, 1.807) is 12.1 Å². The van der Waals surface area contributed by atoms with Crippen LogP contribution in [-0.2, 0) is 16.4 Å². The molecule has 24 heavy (non-hydrogen) atoms. The van der Waals surface area contributed by atoms with E-state index in [-0.39, 0.29) is 4.90 Å². The highest BCUT2D eigenvalue weighted by molar-refractivity contribution is 7.89. The van der Waals surface area contributed by atoms with E-state index in [9.17, 15) is 8.42 Å². The van der Waals surface area contributed by atoms with Crippen molar-refractivity contribution in [2.45, 2.75) is 44.9 Å². The van der Waals surface area contributed by atoms with Crippen molar-refractivity contribution < 1.29 is 8.42 Å². The van der Waals surface area contributed by atoms with Gasteiger partial charge in [0.05, 0.1) is 4.90 Å². The van der Waals surface area contributed by atoms with Crippen LogP contribution >= 0.6 is 0 Å². The maximum absolute atomic E-state index is 11.2. The van der Waals surface area contributed by atoms with Crippen molar-refractivity contribution in [2.75, 3.05) is 19.6 Å². The van der Waals surface area contributed by atoms with Crippen molar-refractivity contribution in [1.82, 2.24) is 10.6 Å². The Labute approximate surface area is 146 Å². The maximum Gasteiger partial charge on any atom is 0.238 e. The molecule has 0 aromatic heterocycles. The fraction of sp³-hybridized carbons (Fsp3) is 0.588. The van der Waals surface area contributed by atoms with Gasteiger partial charge in [-0.15, -0.1) is 0 Å². The molecule has 0 amide bonds. The van der Waals surface area contributed by atoms with Crippen LogP contribution in [0.25, 0.3) is 0 Å². The quantitative estimate of drug-likeness (QED) is 0.358. The summed E-state index contributed by atoms with van der Waals surface area (Å²) >= 11 is 0. The van der Waals surface area contributed by atoms with Crippen LogP contribution in [0.2, 0.25) is 0 Å². The molecule has 6 nitrogen and oxygen atoms in total. The van der Waals surface area contributed by atoms with Gasteiger partial charge >= 0.3 is 0 Å². The lowest BCUT2D eigenvalue weighted by Crippen LogP contribution is -2.38. The molecule has 0 fully saturated rings. The van der Waals surface area contributed by atoms with Crippen LogP contribution < -0.4 is 15.8 Å². The molecule has 0 saturated carbocycles. The second-order valence-corrected chi connectivity index (χ2v) is 7.72. The summed E-state index contributed by atoms with van der Waals surface area (Å²) < 4.78 is 22.5. The van der Waals surface area contributed by atoms with E-state index in [0.29, 0.717) is 5.92 Å². The Morgan fingerprint density at radius 1 is 1.21 bits per heavy atom. The third-order valence-corrected chi connectivity index (χ3v) is 4.44. The Morgan fingerprint density at radius 3 is 2.42 bits per heavy atom. The lowest BCUT2D eigenvalue weighted by molar-refractivity contribution is 0.560. The molecule has 0 atom stereocenters. The number of hydrogen-bond acceptors (Lipinski definition) is 3. The van der Waals surface area contributed by atoms with Crippen LogP contribution in [0, 0.1) is 5.92 Å². The highest BCUT2D eigenvalue weighted by atomic mass is 32.2. The number of benzene rings is 1. The van der Waals surface area contributed by atoms with Gasteiger partial charge in [-0.05, 0) is 49.8 Å². The average Bonchev–Trinajstić information content (AvgIpc) is 2.51. The van der Waals surface area contributed by atoms with E-state index >= 15 is 0 Å². The molecule has 1 aromatic carbocycles. The number of rotatable bonds is 9. The summed E-state index contributed by atoms with van der Waals surface area (Å²) in [6, 6.07) is 6.65. The molecule has 136 valence electrons. The fourth-order valence-corrected chi connectivity index (χ4v) is 2.72. The molecule has 4 N–H and O–H groups in total. The zero-order valence-corrected chi connectivity index (χ0v) is 15.7. The Bertz CT molecular complexity index is 610. The van der Waals surface area contributed by atoms with E-state index in [0.717, 1.165) is 44.0 Å². The lowest BCUT2D eigenvalue weighted by atomic mass is 10.1. The van der Waals surface area contributed by atoms with E-state index in [1.165, 1.54) is 18.6 Å². The molecule has 1 rings (SSSR count). The van der Waals surface area contributed by atoms with Gasteiger partial charge in [-0.3, -0.25) is 4.99 Å². The molecule has 1 aromatic rings. The summed E-state index contributed by atoms with van der Waals surface area (Å²) in [4.78, 5) is 4.70. The topological polar surface area (TPSA) is 96.6 Å². The third kappa shape index (κ3) is 8.31. The van der Waals surface area contributed by atoms with Gasteiger partial charge in [0.1, 0.15) is 0 Å². The summed E-state index contributed by atoms with van der Waals surface area (Å²) in [6.07, 6.45) is 3.05. The van der Waals surface area contributed by atoms with E-state index in [4.69, 9.17) is 5.14 Å². The predicted octanol–water partition coefficient (Wildman–Crippen LogP) is 1.87. The number of guanidine groups is 1. The van der Waals surface area contributed by atoms with Gasteiger partial charge in [0.2, 0.25) is 10.0 Å². The van der Waals surface area contributed by atoms with Crippen LogP contribution in [0.4, 0.5) is 0 Å². The smallest absolute Gasteiger partial charge is 0.238 e. The Kier molecular flexibility index (Phi) is 8.78. The SMILES string of the molecule is CCNC(=NCCCC(C)C)NCCc1ccc(S(N)(=O)=O)cc1. The minimum atomic E-state index is -3.62. The lowest BCUT2D eigenvalue weighted by Gasteiger charge is -2.11. The summed E-state index contributed by atoms with van der Waals surface area (Å²) in [6.45, 7) is 8.83. The molecular formula is C17H30N4O2S. The van der Waals surface area contributed by atoms with Crippen molar-refractivity contribution in [3.63, 3.8) is 0 Å². The first-order chi connectivity index (χ1) is 11.3. The highest BCUT2D eigenvalue weighted by Crippen LogP contribution is 2.09. The van der Waals surface area contributed by atoms with Gasteiger partial charge in [-0.2, -0.15) is 0 Å². The number of primary sulfonamides is 1. The molecule has 0 radical (unpaired) electrons. The number of aliphatic imine (C=N–C) groups is 1. The molecule has 0 bridgehead atoms. The fourth-order valence-electron chi connectivity index (χ4n) is 2.20. The first-order valence-electron chi connectivity index (χ1n) is 8.47.